The number of thiophene rings is 1. The molecule has 0 bridgehead atoms. The van der Waals surface area contributed by atoms with E-state index in [2.05, 4.69) is 210 Å². The molecule has 0 N–H and O–H groups in total. The molecule has 2 nitrogen and oxygen atoms in total. The molecule has 0 saturated heterocycles. The summed E-state index contributed by atoms with van der Waals surface area (Å²) >= 11 is 2.01. The van der Waals surface area contributed by atoms with E-state index in [0.29, 0.717) is 0 Å². The number of fused-ring (bicyclic) bond motifs is 8. The number of aryl methyl sites for hydroxylation is 1. The Balaban J connectivity index is 1.32. The molecule has 4 heteroatoms. The number of benzene rings is 6. The van der Waals surface area contributed by atoms with E-state index in [1.165, 1.54) is 104 Å². The van der Waals surface area contributed by atoms with Crippen molar-refractivity contribution in [2.45, 2.75) is 130 Å². The maximum atomic E-state index is 2.68. The summed E-state index contributed by atoms with van der Waals surface area (Å²) in [5.74, 6) is 0. The molecule has 0 radical (unpaired) electrons. The first-order valence-electron chi connectivity index (χ1n) is 22.2. The van der Waals surface area contributed by atoms with E-state index in [4.69, 9.17) is 0 Å². The van der Waals surface area contributed by atoms with Gasteiger partial charge in [0.05, 0.1) is 5.69 Å². The molecule has 3 heterocycles. The summed E-state index contributed by atoms with van der Waals surface area (Å²) < 4.78 is 2.78. The molecule has 0 atom stereocenters. The molecule has 0 spiro atoms. The maximum Gasteiger partial charge on any atom is 0.264 e. The molecule has 60 heavy (non-hydrogen) atoms. The lowest BCUT2D eigenvalue weighted by Gasteiger charge is -2.44. The quantitative estimate of drug-likeness (QED) is 0.161. The summed E-state index contributed by atoms with van der Waals surface area (Å²) in [5.41, 5.74) is 19.1. The fraction of sp³-hybridized carbons (Fsp3) is 0.357. The minimum absolute atomic E-state index is 0.00176. The van der Waals surface area contributed by atoms with Crippen molar-refractivity contribution in [2.75, 3.05) is 9.80 Å². The number of nitrogens with zero attached hydrogens (tertiary/aromatic N) is 2. The van der Waals surface area contributed by atoms with Gasteiger partial charge in [-0.25, -0.2) is 0 Å². The molecular weight excluding hydrogens is 744 g/mol. The highest BCUT2D eigenvalue weighted by molar-refractivity contribution is 7.33. The zero-order chi connectivity index (χ0) is 42.6. The van der Waals surface area contributed by atoms with Crippen molar-refractivity contribution in [2.24, 2.45) is 0 Å². The second kappa shape index (κ2) is 12.6. The highest BCUT2D eigenvalue weighted by atomic mass is 32.1. The van der Waals surface area contributed by atoms with Crippen molar-refractivity contribution in [1.29, 1.82) is 0 Å². The lowest BCUT2D eigenvalue weighted by atomic mass is 9.36. The predicted molar refractivity (Wildman–Crippen MR) is 265 cm³/mol. The van der Waals surface area contributed by atoms with Gasteiger partial charge in [-0.1, -0.05) is 139 Å². The zero-order valence-electron chi connectivity index (χ0n) is 38.4. The summed E-state index contributed by atoms with van der Waals surface area (Å²) in [5, 5.41) is 3.96. The van der Waals surface area contributed by atoms with Crippen molar-refractivity contribution in [3.8, 4) is 0 Å². The average molecular weight is 805 g/mol. The number of anilines is 6. The van der Waals surface area contributed by atoms with Crippen LogP contribution in [0, 0.1) is 6.92 Å². The summed E-state index contributed by atoms with van der Waals surface area (Å²) in [7, 11) is 0. The van der Waals surface area contributed by atoms with Gasteiger partial charge in [0.25, 0.3) is 6.71 Å². The monoisotopic (exact) mass is 804 g/mol. The van der Waals surface area contributed by atoms with Gasteiger partial charge in [-0.05, 0) is 150 Å². The van der Waals surface area contributed by atoms with Gasteiger partial charge in [0.1, 0.15) is 0 Å². The fourth-order valence-electron chi connectivity index (χ4n) is 11.1. The second-order valence-corrected chi connectivity index (χ2v) is 23.9. The average Bonchev–Trinajstić information content (AvgIpc) is 3.61. The van der Waals surface area contributed by atoms with Gasteiger partial charge >= 0.3 is 0 Å². The van der Waals surface area contributed by atoms with Crippen molar-refractivity contribution >= 4 is 88.7 Å². The van der Waals surface area contributed by atoms with Crippen LogP contribution in [0.25, 0.3) is 20.9 Å². The van der Waals surface area contributed by atoms with Crippen LogP contribution in [0.2, 0.25) is 0 Å². The highest BCUT2D eigenvalue weighted by Crippen LogP contribution is 2.53. The van der Waals surface area contributed by atoms with Crippen molar-refractivity contribution in [1.82, 2.24) is 0 Å². The molecule has 0 saturated carbocycles. The molecular formula is C56H61BN2S. The van der Waals surface area contributed by atoms with Gasteiger partial charge in [0, 0.05) is 43.3 Å². The Kier molecular flexibility index (Phi) is 8.29. The van der Waals surface area contributed by atoms with Crippen molar-refractivity contribution in [3.05, 3.63) is 137 Å². The standard InChI is InChI=1S/C56H61BN2S/c1-33-25-46-49-47(26-33)59(40-22-23-42-43(31-40)56(13,14)32-55(42,11)12)50-41-28-35-27-37(53(5,6)7)16-15-34(35)29-48(41)60-51(50)57(49)44-30-38(54(8,9)10)19-24-45(44)58(46)39-20-17-36(18-21-39)52(2,3)4/h15-31H,32H2,1-14H3. The van der Waals surface area contributed by atoms with Crippen molar-refractivity contribution in [3.63, 3.8) is 0 Å². The number of hydrogen-bond donors (Lipinski definition) is 0. The van der Waals surface area contributed by atoms with Crippen LogP contribution in [-0.2, 0) is 27.1 Å². The Morgan fingerprint density at radius 1 is 0.533 bits per heavy atom. The summed E-state index contributed by atoms with van der Waals surface area (Å²) in [6.45, 7) is 33.1. The van der Waals surface area contributed by atoms with E-state index in [1.807, 2.05) is 11.3 Å². The Morgan fingerprint density at radius 3 is 1.78 bits per heavy atom. The third kappa shape index (κ3) is 5.94. The van der Waals surface area contributed by atoms with Crippen molar-refractivity contribution < 1.29 is 0 Å². The smallest absolute Gasteiger partial charge is 0.264 e. The van der Waals surface area contributed by atoms with Crippen LogP contribution >= 0.6 is 11.3 Å². The molecule has 3 aliphatic rings. The Morgan fingerprint density at radius 2 is 1.12 bits per heavy atom. The van der Waals surface area contributed by atoms with Crippen LogP contribution in [0.4, 0.5) is 34.1 Å². The molecule has 7 aromatic rings. The maximum absolute atomic E-state index is 2.68. The minimum atomic E-state index is 0.00176. The van der Waals surface area contributed by atoms with Crippen LogP contribution in [-0.4, -0.2) is 6.71 Å². The Hall–Kier alpha value is -4.80. The van der Waals surface area contributed by atoms with Gasteiger partial charge in [-0.3, -0.25) is 0 Å². The van der Waals surface area contributed by atoms with E-state index in [1.54, 1.807) is 0 Å². The third-order valence-corrected chi connectivity index (χ3v) is 15.3. The SMILES string of the molecule is Cc1cc2c3c(c1)N(c1ccc4c(c1)C(C)(C)CC4(C)C)c1c(sc4cc5ccc(C(C)(C)C)cc5cc14)B3c1cc(C(C)(C)C)ccc1N2c1ccc(C(C)(C)C)cc1. The first-order valence-corrected chi connectivity index (χ1v) is 23.0. The normalized spacial score (nSPS) is 16.6. The van der Waals surface area contributed by atoms with Gasteiger partial charge in [0.15, 0.2) is 0 Å². The molecule has 304 valence electrons. The zero-order valence-corrected chi connectivity index (χ0v) is 39.2. The number of hydrogen-bond acceptors (Lipinski definition) is 3. The first-order chi connectivity index (χ1) is 28.0. The van der Waals surface area contributed by atoms with Crippen LogP contribution in [0.5, 0.6) is 0 Å². The van der Waals surface area contributed by atoms with Crippen LogP contribution in [0.1, 0.15) is 130 Å². The van der Waals surface area contributed by atoms with E-state index >= 15 is 0 Å². The molecule has 1 aliphatic carbocycles. The molecule has 1 aromatic heterocycles. The summed E-state index contributed by atoms with van der Waals surface area (Å²) in [6, 6.07) is 41.2. The molecule has 0 fully saturated rings. The van der Waals surface area contributed by atoms with Gasteiger partial charge in [0.2, 0.25) is 0 Å². The Labute approximate surface area is 363 Å². The highest BCUT2D eigenvalue weighted by Gasteiger charge is 2.47. The largest absolute Gasteiger partial charge is 0.311 e. The molecule has 0 unspecified atom stereocenters. The van der Waals surface area contributed by atoms with Crippen LogP contribution < -0.4 is 25.5 Å². The molecule has 2 aliphatic heterocycles. The van der Waals surface area contributed by atoms with E-state index in [-0.39, 0.29) is 33.8 Å². The summed E-state index contributed by atoms with van der Waals surface area (Å²) in [4.78, 5) is 5.25. The fourth-order valence-corrected chi connectivity index (χ4v) is 12.4. The summed E-state index contributed by atoms with van der Waals surface area (Å²) in [6.07, 6.45) is 1.14. The van der Waals surface area contributed by atoms with Crippen LogP contribution in [0.3, 0.4) is 0 Å². The minimum Gasteiger partial charge on any atom is -0.311 e. The predicted octanol–water partition coefficient (Wildman–Crippen LogP) is 14.3. The lowest BCUT2D eigenvalue weighted by Crippen LogP contribution is -2.60. The van der Waals surface area contributed by atoms with E-state index < -0.39 is 0 Å². The second-order valence-electron chi connectivity index (χ2n) is 22.8. The third-order valence-electron chi connectivity index (χ3n) is 14.1. The van der Waals surface area contributed by atoms with Gasteiger partial charge < -0.3 is 9.80 Å². The molecule has 0 amide bonds. The van der Waals surface area contributed by atoms with Gasteiger partial charge in [-0.15, -0.1) is 11.3 Å². The number of rotatable bonds is 2. The van der Waals surface area contributed by atoms with E-state index in [9.17, 15) is 0 Å². The van der Waals surface area contributed by atoms with Gasteiger partial charge in [-0.2, -0.15) is 0 Å². The molecule has 6 aromatic carbocycles. The lowest BCUT2D eigenvalue weighted by molar-refractivity contribution is 0.403. The van der Waals surface area contributed by atoms with Crippen LogP contribution in [0.15, 0.2) is 103 Å². The van der Waals surface area contributed by atoms with E-state index in [0.717, 1.165) is 6.42 Å². The molecule has 10 rings (SSSR count). The Bertz CT molecular complexity index is 2920. The topological polar surface area (TPSA) is 6.48 Å². The first kappa shape index (κ1) is 39.3.